The fraction of sp³-hybridized carbons (Fsp3) is 0.333. The average Bonchev–Trinajstić information content (AvgIpc) is 3.24. The second-order valence-electron chi connectivity index (χ2n) is 6.80. The minimum absolute atomic E-state index is 0.143. The fourth-order valence-corrected chi connectivity index (χ4v) is 3.95. The number of anilines is 1. The number of nitrogens with two attached hydrogens (primary N) is 1. The normalized spacial score (nSPS) is 19.9. The molecule has 122 valence electrons. The number of hydrogen-bond donors (Lipinski definition) is 3. The van der Waals surface area contributed by atoms with Crippen LogP contribution in [0.25, 0.3) is 11.0 Å². The molecule has 3 aromatic rings. The number of fused-ring (bicyclic) bond motifs is 3. The second kappa shape index (κ2) is 4.63. The molecule has 6 heteroatoms. The zero-order valence-corrected chi connectivity index (χ0v) is 13.9. The molecule has 1 aliphatic carbocycles. The van der Waals surface area contributed by atoms with Crippen molar-refractivity contribution in [1.29, 1.82) is 0 Å². The van der Waals surface area contributed by atoms with Gasteiger partial charge in [-0.1, -0.05) is 12.1 Å². The number of aliphatic imine (C=N–C) groups is 1. The molecule has 0 unspecified atom stereocenters. The summed E-state index contributed by atoms with van der Waals surface area (Å²) >= 11 is 0. The lowest BCUT2D eigenvalue weighted by Crippen LogP contribution is -2.48. The van der Waals surface area contributed by atoms with Gasteiger partial charge < -0.3 is 10.3 Å². The van der Waals surface area contributed by atoms with Crippen LogP contribution in [0, 0.1) is 13.8 Å². The predicted octanol–water partition coefficient (Wildman–Crippen LogP) is 2.50. The van der Waals surface area contributed by atoms with Gasteiger partial charge in [0, 0.05) is 23.0 Å². The van der Waals surface area contributed by atoms with Crippen LogP contribution in [0.1, 0.15) is 42.0 Å². The van der Waals surface area contributed by atoms with Crippen LogP contribution in [0.15, 0.2) is 35.3 Å². The number of hydrogen-bond acceptors (Lipinski definition) is 3. The summed E-state index contributed by atoms with van der Waals surface area (Å²) in [5.41, 5.74) is 12.1. The summed E-state index contributed by atoms with van der Waals surface area (Å²) in [5.74, 6) is 1.33. The van der Waals surface area contributed by atoms with E-state index in [-0.39, 0.29) is 6.17 Å². The van der Waals surface area contributed by atoms with Gasteiger partial charge in [0.15, 0.2) is 0 Å². The molecule has 0 spiro atoms. The molecular formula is C18H21N6+. The Balaban J connectivity index is 1.74. The fourth-order valence-electron chi connectivity index (χ4n) is 3.95. The molecule has 1 aromatic carbocycles. The maximum Gasteiger partial charge on any atom is 0.365 e. The summed E-state index contributed by atoms with van der Waals surface area (Å²) < 4.78 is 4.66. The molecule has 0 saturated heterocycles. The van der Waals surface area contributed by atoms with E-state index < -0.39 is 0 Å². The average molecular weight is 321 g/mol. The largest absolute Gasteiger partial charge is 0.365 e. The first-order chi connectivity index (χ1) is 11.6. The van der Waals surface area contributed by atoms with Crippen molar-refractivity contribution in [3.63, 3.8) is 0 Å². The van der Waals surface area contributed by atoms with E-state index in [0.717, 1.165) is 17.0 Å². The number of nitrogens with one attached hydrogen (secondary N) is 2. The van der Waals surface area contributed by atoms with Crippen LogP contribution < -0.4 is 15.6 Å². The van der Waals surface area contributed by atoms with Crippen molar-refractivity contribution in [2.45, 2.75) is 38.9 Å². The van der Waals surface area contributed by atoms with Gasteiger partial charge in [-0.15, -0.1) is 0 Å². The SMILES string of the molecule is Cc1cc([C@H]2N=C(N)Nc3[nH]c4ccccc4[n+]32)c(C)n1C1CC1. The highest BCUT2D eigenvalue weighted by atomic mass is 15.4. The molecule has 1 atom stereocenters. The van der Waals surface area contributed by atoms with E-state index in [0.29, 0.717) is 12.0 Å². The summed E-state index contributed by atoms with van der Waals surface area (Å²) in [7, 11) is 0. The Morgan fingerprint density at radius 3 is 2.83 bits per heavy atom. The molecule has 1 aliphatic heterocycles. The first-order valence-electron chi connectivity index (χ1n) is 8.44. The van der Waals surface area contributed by atoms with Crippen molar-refractivity contribution in [1.82, 2.24) is 9.55 Å². The Bertz CT molecular complexity index is 989. The lowest BCUT2D eigenvalue weighted by Gasteiger charge is -2.18. The lowest BCUT2D eigenvalue weighted by atomic mass is 10.1. The number of nitrogens with zero attached hydrogens (tertiary/aromatic N) is 3. The van der Waals surface area contributed by atoms with Crippen LogP contribution in [0.5, 0.6) is 0 Å². The quantitative estimate of drug-likeness (QED) is 0.634. The van der Waals surface area contributed by atoms with E-state index in [9.17, 15) is 0 Å². The van der Waals surface area contributed by atoms with Crippen LogP contribution in [0.2, 0.25) is 0 Å². The van der Waals surface area contributed by atoms with E-state index in [1.165, 1.54) is 29.8 Å². The van der Waals surface area contributed by atoms with Gasteiger partial charge in [0.05, 0.1) is 0 Å². The summed E-state index contributed by atoms with van der Waals surface area (Å²) in [6, 6.07) is 11.2. The molecule has 2 aliphatic rings. The Hall–Kier alpha value is -2.76. The highest BCUT2D eigenvalue weighted by molar-refractivity contribution is 5.92. The first-order valence-corrected chi connectivity index (χ1v) is 8.44. The van der Waals surface area contributed by atoms with Crippen molar-refractivity contribution >= 4 is 22.9 Å². The van der Waals surface area contributed by atoms with Crippen molar-refractivity contribution in [3.05, 3.63) is 47.3 Å². The molecule has 24 heavy (non-hydrogen) atoms. The van der Waals surface area contributed by atoms with Gasteiger partial charge in [-0.05, 0) is 44.9 Å². The number of guanidine groups is 1. The number of aromatic nitrogens is 3. The van der Waals surface area contributed by atoms with Crippen LogP contribution in [0.4, 0.5) is 5.95 Å². The maximum absolute atomic E-state index is 6.06. The summed E-state index contributed by atoms with van der Waals surface area (Å²) in [6.07, 6.45) is 2.41. The highest BCUT2D eigenvalue weighted by Crippen LogP contribution is 2.40. The van der Waals surface area contributed by atoms with E-state index in [2.05, 4.69) is 57.5 Å². The molecule has 5 rings (SSSR count). The standard InChI is InChI=1S/C18H20N6/c1-10-9-13(11(2)23(10)12-7-8-12)16-21-17(19)22-18-20-14-5-3-4-6-15(14)24(16)18/h3-6,9,12,16H,7-8H2,1-2H3,(H3,19,20,21,22)/p+1/t16-/m0/s1. The van der Waals surface area contributed by atoms with Crippen LogP contribution in [-0.4, -0.2) is 15.5 Å². The number of aromatic amines is 1. The molecule has 2 aromatic heterocycles. The minimum Gasteiger partial charge on any atom is -0.357 e. The van der Waals surface area contributed by atoms with E-state index >= 15 is 0 Å². The van der Waals surface area contributed by atoms with Crippen molar-refractivity contribution in [2.24, 2.45) is 10.7 Å². The van der Waals surface area contributed by atoms with Gasteiger partial charge in [-0.2, -0.15) is 4.99 Å². The molecule has 1 fully saturated rings. The Morgan fingerprint density at radius 1 is 1.25 bits per heavy atom. The van der Waals surface area contributed by atoms with Crippen LogP contribution in [0.3, 0.4) is 0 Å². The third-order valence-electron chi connectivity index (χ3n) is 5.12. The lowest BCUT2D eigenvalue weighted by molar-refractivity contribution is -0.674. The van der Waals surface area contributed by atoms with E-state index in [4.69, 9.17) is 10.7 Å². The summed E-state index contributed by atoms with van der Waals surface area (Å²) in [4.78, 5) is 8.13. The van der Waals surface area contributed by atoms with Gasteiger partial charge in [-0.3, -0.25) is 0 Å². The molecule has 6 nitrogen and oxygen atoms in total. The van der Waals surface area contributed by atoms with Gasteiger partial charge in [0.25, 0.3) is 5.96 Å². The number of benzene rings is 1. The van der Waals surface area contributed by atoms with E-state index in [1.807, 2.05) is 6.07 Å². The molecule has 0 bridgehead atoms. The van der Waals surface area contributed by atoms with Crippen LogP contribution >= 0.6 is 0 Å². The maximum atomic E-state index is 6.06. The number of H-pyrrole nitrogens is 1. The second-order valence-corrected chi connectivity index (χ2v) is 6.80. The number of imidazole rings is 1. The zero-order valence-electron chi connectivity index (χ0n) is 13.9. The topological polar surface area (TPSA) is 75.0 Å². The zero-order chi connectivity index (χ0) is 16.4. The smallest absolute Gasteiger partial charge is 0.357 e. The third kappa shape index (κ3) is 1.82. The minimum atomic E-state index is -0.143. The Labute approximate surface area is 140 Å². The van der Waals surface area contributed by atoms with Crippen LogP contribution in [-0.2, 0) is 0 Å². The molecule has 0 radical (unpaired) electrons. The molecule has 4 N–H and O–H groups in total. The highest BCUT2D eigenvalue weighted by Gasteiger charge is 2.35. The first kappa shape index (κ1) is 13.7. The van der Waals surface area contributed by atoms with Gasteiger partial charge in [0.1, 0.15) is 11.0 Å². The van der Waals surface area contributed by atoms with E-state index in [1.54, 1.807) is 0 Å². The van der Waals surface area contributed by atoms with Crippen molar-refractivity contribution in [3.8, 4) is 0 Å². The Kier molecular flexibility index (Phi) is 2.63. The summed E-state index contributed by atoms with van der Waals surface area (Å²) in [6.45, 7) is 4.38. The summed E-state index contributed by atoms with van der Waals surface area (Å²) in [5, 5.41) is 3.15. The number of aryl methyl sites for hydroxylation is 1. The molecule has 1 saturated carbocycles. The predicted molar refractivity (Wildman–Crippen MR) is 94.1 cm³/mol. The Morgan fingerprint density at radius 2 is 2.04 bits per heavy atom. The van der Waals surface area contributed by atoms with Crippen molar-refractivity contribution < 1.29 is 4.57 Å². The van der Waals surface area contributed by atoms with Gasteiger partial charge >= 0.3 is 5.95 Å². The van der Waals surface area contributed by atoms with Gasteiger partial charge in [-0.25, -0.2) is 14.9 Å². The number of para-hydroxylation sites is 2. The molecule has 3 heterocycles. The van der Waals surface area contributed by atoms with Crippen molar-refractivity contribution in [2.75, 3.05) is 5.32 Å². The third-order valence-corrected chi connectivity index (χ3v) is 5.12. The molecule has 0 amide bonds. The van der Waals surface area contributed by atoms with Gasteiger partial charge in [0.2, 0.25) is 6.17 Å². The molecular weight excluding hydrogens is 300 g/mol. The monoisotopic (exact) mass is 321 g/mol. The number of rotatable bonds is 2.